The monoisotopic (exact) mass is 312 g/mol. The van der Waals surface area contributed by atoms with E-state index in [2.05, 4.69) is 51.0 Å². The van der Waals surface area contributed by atoms with E-state index in [9.17, 15) is 0 Å². The molecule has 0 aliphatic carbocycles. The molecule has 0 heterocycles. The summed E-state index contributed by atoms with van der Waals surface area (Å²) in [5.74, 6) is 0. The summed E-state index contributed by atoms with van der Waals surface area (Å²) in [4.78, 5) is 0. The minimum Gasteiger partial charge on any atom is -0.188 e. The van der Waals surface area contributed by atoms with Gasteiger partial charge in [-0.2, -0.15) is 11.6 Å². The first-order valence-electron chi connectivity index (χ1n) is 1.08. The topological polar surface area (TPSA) is 0 Å². The first kappa shape index (κ1) is 6.87. The molecule has 0 nitrogen and oxygen atoms in total. The van der Waals surface area contributed by atoms with E-state index in [1.54, 1.807) is 0 Å². The molecule has 0 unspecified atom stereocenters. The number of hydrogen-bond acceptors (Lipinski definition) is 1. The largest absolute Gasteiger partial charge is 0.350 e. The molecule has 0 fully saturated rings. The van der Waals surface area contributed by atoms with Crippen LogP contribution in [0.3, 0.4) is 0 Å². The van der Waals surface area contributed by atoms with Crippen LogP contribution < -0.4 is 0 Å². The molecule has 4 heteroatoms. The minimum atomic E-state index is 0.741. The summed E-state index contributed by atoms with van der Waals surface area (Å²) in [6, 6.07) is 0. The van der Waals surface area contributed by atoms with Gasteiger partial charge < -0.3 is 0 Å². The molecule has 0 rings (SSSR count). The Morgan fingerprint density at radius 1 is 1.60 bits per heavy atom. The summed E-state index contributed by atoms with van der Waals surface area (Å²) in [5.41, 5.74) is 0. The summed E-state index contributed by atoms with van der Waals surface area (Å²) in [6.07, 6.45) is 2.10. The van der Waals surface area contributed by atoms with Crippen LogP contribution in [0.25, 0.3) is 0 Å². The third-order valence-electron chi connectivity index (χ3n) is 0.178. The van der Waals surface area contributed by atoms with E-state index in [0.717, 1.165) is 1.70 Å². The van der Waals surface area contributed by atoms with Crippen molar-refractivity contribution in [3.8, 4) is 0 Å². The van der Waals surface area contributed by atoms with Crippen LogP contribution in [0.4, 0.5) is 0 Å². The SMILES string of the molecule is CSB(I)I. The Bertz CT molecular complexity index is 23.6. The van der Waals surface area contributed by atoms with Crippen molar-refractivity contribution in [1.29, 1.82) is 0 Å². The lowest BCUT2D eigenvalue weighted by Crippen LogP contribution is -1.73. The second kappa shape index (κ2) is 4.05. The molecule has 0 aromatic carbocycles. The van der Waals surface area contributed by atoms with Gasteiger partial charge in [0.1, 0.15) is 0 Å². The van der Waals surface area contributed by atoms with Gasteiger partial charge in [-0.25, -0.2) is 0 Å². The van der Waals surface area contributed by atoms with Gasteiger partial charge in [0.2, 0.25) is 0 Å². The van der Waals surface area contributed by atoms with E-state index in [1.165, 1.54) is 0 Å². The van der Waals surface area contributed by atoms with Crippen LogP contribution >= 0.6 is 56.4 Å². The quantitative estimate of drug-likeness (QED) is 0.528. The van der Waals surface area contributed by atoms with Crippen molar-refractivity contribution in [2.24, 2.45) is 0 Å². The maximum atomic E-state index is 2.36. The summed E-state index contributed by atoms with van der Waals surface area (Å²) in [7, 11) is 0. The standard InChI is InChI=1S/CH3BI2S/c1-5-2(3)4/h1H3. The molecule has 0 saturated carbocycles. The highest BCUT2D eigenvalue weighted by Crippen LogP contribution is 2.15. The Kier molecular flexibility index (Phi) is 5.56. The van der Waals surface area contributed by atoms with Crippen molar-refractivity contribution in [2.75, 3.05) is 6.26 Å². The lowest BCUT2D eigenvalue weighted by Gasteiger charge is -1.80. The molecule has 0 N–H and O–H groups in total. The molecule has 0 spiro atoms. The number of halogens is 2. The van der Waals surface area contributed by atoms with E-state index in [1.807, 2.05) is 11.6 Å². The summed E-state index contributed by atoms with van der Waals surface area (Å²) < 4.78 is 0.741. The highest BCUT2D eigenvalue weighted by Gasteiger charge is 1.94. The van der Waals surface area contributed by atoms with E-state index in [4.69, 9.17) is 0 Å². The summed E-state index contributed by atoms with van der Waals surface area (Å²) >= 11 is 6.56. The zero-order valence-corrected chi connectivity index (χ0v) is 7.87. The lowest BCUT2D eigenvalue weighted by atomic mass is 10.7. The predicted octanol–water partition coefficient (Wildman–Crippen LogP) is 2.20. The molecular weight excluding hydrogens is 309 g/mol. The van der Waals surface area contributed by atoms with Crippen molar-refractivity contribution in [3.63, 3.8) is 0 Å². The van der Waals surface area contributed by atoms with Crippen LogP contribution in [-0.4, -0.2) is 7.96 Å². The zero-order chi connectivity index (χ0) is 4.28. The Morgan fingerprint density at radius 2 is 1.80 bits per heavy atom. The molecule has 0 atom stereocenters. The van der Waals surface area contributed by atoms with Crippen molar-refractivity contribution in [1.82, 2.24) is 0 Å². The third kappa shape index (κ3) is 5.87. The normalized spacial score (nSPS) is 7.80. The highest BCUT2D eigenvalue weighted by molar-refractivity contribution is 14.3. The number of rotatable bonds is 1. The Labute approximate surface area is 63.6 Å². The van der Waals surface area contributed by atoms with Crippen molar-refractivity contribution in [3.05, 3.63) is 0 Å². The van der Waals surface area contributed by atoms with Crippen LogP contribution in [0, 0.1) is 0 Å². The van der Waals surface area contributed by atoms with Crippen LogP contribution in [0.2, 0.25) is 0 Å². The van der Waals surface area contributed by atoms with Crippen LogP contribution in [-0.2, 0) is 0 Å². The zero-order valence-electron chi connectivity index (χ0n) is 2.74. The molecule has 0 aromatic heterocycles. The van der Waals surface area contributed by atoms with E-state index in [0.29, 0.717) is 0 Å². The molecular formula is CH3BI2S. The maximum Gasteiger partial charge on any atom is 0.350 e. The number of hydrogen-bond donors (Lipinski definition) is 0. The van der Waals surface area contributed by atoms with Crippen molar-refractivity contribution >= 4 is 58.1 Å². The average molecular weight is 312 g/mol. The van der Waals surface area contributed by atoms with Gasteiger partial charge in [-0.1, -0.05) is 0 Å². The first-order chi connectivity index (χ1) is 2.27. The van der Waals surface area contributed by atoms with Crippen LogP contribution in [0.15, 0.2) is 0 Å². The molecule has 0 radical (unpaired) electrons. The smallest absolute Gasteiger partial charge is 0.188 e. The predicted molar refractivity (Wildman–Crippen MR) is 47.3 cm³/mol. The molecule has 0 bridgehead atoms. The maximum absolute atomic E-state index is 2.36. The minimum absolute atomic E-state index is 0.741. The Hall–Kier alpha value is 1.87. The molecule has 0 aliphatic rings. The van der Waals surface area contributed by atoms with Crippen LogP contribution in [0.5, 0.6) is 0 Å². The Balaban J connectivity index is 2.54. The van der Waals surface area contributed by atoms with E-state index < -0.39 is 0 Å². The lowest BCUT2D eigenvalue weighted by molar-refractivity contribution is 2.54. The average Bonchev–Trinajstić information content (AvgIpc) is 1.38. The fourth-order valence-electron chi connectivity index (χ4n) is 0. The van der Waals surface area contributed by atoms with Gasteiger partial charge in [-0.3, -0.25) is 0 Å². The van der Waals surface area contributed by atoms with Crippen molar-refractivity contribution in [2.45, 2.75) is 0 Å². The first-order valence-corrected chi connectivity index (χ1v) is 4.86. The molecule has 0 amide bonds. The van der Waals surface area contributed by atoms with Gasteiger partial charge in [0, 0.05) is 0 Å². The summed E-state index contributed by atoms with van der Waals surface area (Å²) in [6.45, 7) is 0. The fourth-order valence-corrected chi connectivity index (χ4v) is 0. The van der Waals surface area contributed by atoms with Gasteiger partial charge in [0.25, 0.3) is 0 Å². The van der Waals surface area contributed by atoms with E-state index >= 15 is 0 Å². The van der Waals surface area contributed by atoms with Gasteiger partial charge in [-0.05, 0) is 6.26 Å². The van der Waals surface area contributed by atoms with Gasteiger partial charge in [0.05, 0.1) is 0 Å². The molecule has 0 saturated heterocycles. The van der Waals surface area contributed by atoms with Gasteiger partial charge in [-0.15, -0.1) is 44.7 Å². The second-order valence-electron chi connectivity index (χ2n) is 0.496. The van der Waals surface area contributed by atoms with Gasteiger partial charge in [0.15, 0.2) is 0 Å². The van der Waals surface area contributed by atoms with Crippen LogP contribution in [0.1, 0.15) is 0 Å². The highest BCUT2D eigenvalue weighted by atomic mass is 127. The Morgan fingerprint density at radius 3 is 1.80 bits per heavy atom. The third-order valence-corrected chi connectivity index (χ3v) is 3.59. The molecule has 0 aliphatic heterocycles. The molecule has 30 valence electrons. The molecule has 0 aromatic rings. The fraction of sp³-hybridized carbons (Fsp3) is 1.00. The van der Waals surface area contributed by atoms with E-state index in [-0.39, 0.29) is 0 Å². The van der Waals surface area contributed by atoms with Gasteiger partial charge >= 0.3 is 1.70 Å². The van der Waals surface area contributed by atoms with Crippen molar-refractivity contribution < 1.29 is 0 Å². The summed E-state index contributed by atoms with van der Waals surface area (Å²) in [5, 5.41) is 0. The molecule has 5 heavy (non-hydrogen) atoms. The second-order valence-corrected chi connectivity index (χ2v) is 8.00.